The van der Waals surface area contributed by atoms with Crippen LogP contribution >= 0.6 is 0 Å². The Hall–Kier alpha value is -2.29. The minimum atomic E-state index is -0.678. The molecular weight excluding hydrogens is 228 g/mol. The van der Waals surface area contributed by atoms with Crippen LogP contribution in [-0.2, 0) is 16.1 Å². The molecule has 0 saturated carbocycles. The molecule has 0 unspecified atom stereocenters. The van der Waals surface area contributed by atoms with Gasteiger partial charge in [0.1, 0.15) is 13.2 Å². The van der Waals surface area contributed by atoms with Crippen molar-refractivity contribution >= 4 is 16.9 Å². The first-order valence-electron chi connectivity index (χ1n) is 5.68. The van der Waals surface area contributed by atoms with Crippen molar-refractivity contribution in [3.63, 3.8) is 0 Å². The molecule has 3 nitrogen and oxygen atoms in total. The Morgan fingerprint density at radius 2 is 1.89 bits per heavy atom. The van der Waals surface area contributed by atoms with E-state index in [0.29, 0.717) is 0 Å². The summed E-state index contributed by atoms with van der Waals surface area (Å²) in [4.78, 5) is 11.1. The lowest BCUT2D eigenvalue weighted by atomic mass is 10.1. The van der Waals surface area contributed by atoms with Gasteiger partial charge in [-0.1, -0.05) is 49.1 Å². The maximum atomic E-state index is 11.1. The number of benzene rings is 2. The lowest BCUT2D eigenvalue weighted by molar-refractivity contribution is 0.0577. The smallest absolute Gasteiger partial charge is 0.430 e. The molecule has 0 bridgehead atoms. The van der Waals surface area contributed by atoms with Crippen LogP contribution < -0.4 is 0 Å². The van der Waals surface area contributed by atoms with Crippen molar-refractivity contribution in [1.82, 2.24) is 0 Å². The van der Waals surface area contributed by atoms with Crippen LogP contribution in [0.3, 0.4) is 0 Å². The zero-order valence-electron chi connectivity index (χ0n) is 9.96. The Morgan fingerprint density at radius 3 is 2.67 bits per heavy atom. The molecule has 0 aliphatic rings. The predicted octanol–water partition coefficient (Wildman–Crippen LogP) is 3.68. The fourth-order valence-corrected chi connectivity index (χ4v) is 1.64. The van der Waals surface area contributed by atoms with E-state index < -0.39 is 6.16 Å². The van der Waals surface area contributed by atoms with Crippen molar-refractivity contribution in [3.05, 3.63) is 60.7 Å². The Kier molecular flexibility index (Phi) is 3.97. The van der Waals surface area contributed by atoms with E-state index in [1.165, 1.54) is 6.08 Å². The third-order valence-corrected chi connectivity index (χ3v) is 2.49. The molecule has 0 N–H and O–H groups in total. The monoisotopic (exact) mass is 242 g/mol. The predicted molar refractivity (Wildman–Crippen MR) is 70.3 cm³/mol. The highest BCUT2D eigenvalue weighted by atomic mass is 16.7. The van der Waals surface area contributed by atoms with Gasteiger partial charge in [0.25, 0.3) is 0 Å². The average Bonchev–Trinajstić information content (AvgIpc) is 2.42. The number of carbonyl (C=O) groups is 1. The quantitative estimate of drug-likeness (QED) is 0.606. The van der Waals surface area contributed by atoms with Gasteiger partial charge in [-0.25, -0.2) is 4.79 Å². The number of hydrogen-bond donors (Lipinski definition) is 0. The topological polar surface area (TPSA) is 35.5 Å². The van der Waals surface area contributed by atoms with Crippen LogP contribution in [0.5, 0.6) is 0 Å². The zero-order valence-corrected chi connectivity index (χ0v) is 9.96. The minimum absolute atomic E-state index is 0.163. The van der Waals surface area contributed by atoms with Crippen LogP contribution in [0.25, 0.3) is 10.8 Å². The van der Waals surface area contributed by atoms with Gasteiger partial charge in [-0.15, -0.1) is 0 Å². The minimum Gasteiger partial charge on any atom is -0.430 e. The van der Waals surface area contributed by atoms with Crippen molar-refractivity contribution < 1.29 is 14.3 Å². The molecule has 0 atom stereocenters. The normalized spacial score (nSPS) is 10.0. The van der Waals surface area contributed by atoms with Gasteiger partial charge >= 0.3 is 6.16 Å². The fourth-order valence-electron chi connectivity index (χ4n) is 1.64. The molecule has 0 radical (unpaired) electrons. The molecule has 2 aromatic carbocycles. The number of ether oxygens (including phenoxy) is 2. The lowest BCUT2D eigenvalue weighted by Gasteiger charge is -2.05. The molecule has 0 amide bonds. The molecule has 2 rings (SSSR count). The number of hydrogen-bond acceptors (Lipinski definition) is 3. The van der Waals surface area contributed by atoms with E-state index in [1.54, 1.807) is 0 Å². The third kappa shape index (κ3) is 3.10. The van der Waals surface area contributed by atoms with Crippen LogP contribution in [0.15, 0.2) is 55.1 Å². The SMILES string of the molecule is C=CCOC(=O)OCc1ccc2ccccc2c1. The largest absolute Gasteiger partial charge is 0.508 e. The summed E-state index contributed by atoms with van der Waals surface area (Å²) in [5.74, 6) is 0. The van der Waals surface area contributed by atoms with Crippen LogP contribution in [0.1, 0.15) is 5.56 Å². The molecule has 0 aliphatic carbocycles. The summed E-state index contributed by atoms with van der Waals surface area (Å²) in [7, 11) is 0. The first-order chi connectivity index (χ1) is 8.79. The summed E-state index contributed by atoms with van der Waals surface area (Å²) in [5, 5.41) is 2.29. The van der Waals surface area contributed by atoms with E-state index in [9.17, 15) is 4.79 Å². The van der Waals surface area contributed by atoms with E-state index in [0.717, 1.165) is 16.3 Å². The van der Waals surface area contributed by atoms with E-state index in [2.05, 4.69) is 6.58 Å². The van der Waals surface area contributed by atoms with Gasteiger partial charge in [0.2, 0.25) is 0 Å². The van der Waals surface area contributed by atoms with Crippen molar-refractivity contribution in [2.24, 2.45) is 0 Å². The first-order valence-corrected chi connectivity index (χ1v) is 5.68. The summed E-state index contributed by atoms with van der Waals surface area (Å²) in [6.07, 6.45) is 0.820. The molecule has 0 fully saturated rings. The average molecular weight is 242 g/mol. The highest BCUT2D eigenvalue weighted by molar-refractivity contribution is 5.83. The summed E-state index contributed by atoms with van der Waals surface area (Å²) in [6.45, 7) is 3.82. The van der Waals surface area contributed by atoms with Gasteiger partial charge in [-0.3, -0.25) is 0 Å². The molecule has 0 aromatic heterocycles. The highest BCUT2D eigenvalue weighted by Gasteiger charge is 2.03. The summed E-state index contributed by atoms with van der Waals surface area (Å²) in [6, 6.07) is 14.0. The van der Waals surface area contributed by atoms with Crippen molar-refractivity contribution in [1.29, 1.82) is 0 Å². The zero-order chi connectivity index (χ0) is 12.8. The lowest BCUT2D eigenvalue weighted by Crippen LogP contribution is -2.07. The first kappa shape index (κ1) is 12.2. The van der Waals surface area contributed by atoms with Gasteiger partial charge in [-0.05, 0) is 22.4 Å². The van der Waals surface area contributed by atoms with Crippen molar-refractivity contribution in [3.8, 4) is 0 Å². The molecule has 2 aromatic rings. The van der Waals surface area contributed by atoms with Gasteiger partial charge in [-0.2, -0.15) is 0 Å². The highest BCUT2D eigenvalue weighted by Crippen LogP contribution is 2.16. The summed E-state index contributed by atoms with van der Waals surface area (Å²) < 4.78 is 9.69. The van der Waals surface area contributed by atoms with Crippen LogP contribution in [-0.4, -0.2) is 12.8 Å². The van der Waals surface area contributed by atoms with E-state index >= 15 is 0 Å². The molecule has 0 aliphatic heterocycles. The van der Waals surface area contributed by atoms with Crippen molar-refractivity contribution in [2.45, 2.75) is 6.61 Å². The van der Waals surface area contributed by atoms with E-state index in [4.69, 9.17) is 9.47 Å². The Balaban J connectivity index is 1.99. The maximum Gasteiger partial charge on any atom is 0.508 e. The van der Waals surface area contributed by atoms with Gasteiger partial charge in [0.15, 0.2) is 0 Å². The fraction of sp³-hybridized carbons (Fsp3) is 0.133. The Labute approximate surface area is 106 Å². The van der Waals surface area contributed by atoms with Crippen LogP contribution in [0.4, 0.5) is 4.79 Å². The van der Waals surface area contributed by atoms with Gasteiger partial charge < -0.3 is 9.47 Å². The van der Waals surface area contributed by atoms with E-state index in [-0.39, 0.29) is 13.2 Å². The van der Waals surface area contributed by atoms with Gasteiger partial charge in [0, 0.05) is 0 Å². The van der Waals surface area contributed by atoms with E-state index in [1.807, 2.05) is 42.5 Å². The number of rotatable bonds is 4. The molecule has 92 valence electrons. The second kappa shape index (κ2) is 5.87. The summed E-state index contributed by atoms with van der Waals surface area (Å²) >= 11 is 0. The Morgan fingerprint density at radius 1 is 1.11 bits per heavy atom. The van der Waals surface area contributed by atoms with Crippen LogP contribution in [0.2, 0.25) is 0 Å². The second-order valence-electron chi connectivity index (χ2n) is 3.82. The third-order valence-electron chi connectivity index (χ3n) is 2.49. The number of carbonyl (C=O) groups excluding carboxylic acids is 1. The number of fused-ring (bicyclic) bond motifs is 1. The maximum absolute atomic E-state index is 11.1. The molecule has 18 heavy (non-hydrogen) atoms. The van der Waals surface area contributed by atoms with Crippen molar-refractivity contribution in [2.75, 3.05) is 6.61 Å². The molecule has 0 saturated heterocycles. The second-order valence-corrected chi connectivity index (χ2v) is 3.82. The molecular formula is C15H14O3. The van der Waals surface area contributed by atoms with Crippen LogP contribution in [0, 0.1) is 0 Å². The molecule has 0 heterocycles. The molecule has 3 heteroatoms. The molecule has 0 spiro atoms. The Bertz CT molecular complexity index is 560. The van der Waals surface area contributed by atoms with Gasteiger partial charge in [0.05, 0.1) is 0 Å². The standard InChI is InChI=1S/C15H14O3/c1-2-9-17-15(16)18-11-12-7-8-13-5-3-4-6-14(13)10-12/h2-8,10H,1,9,11H2. The summed E-state index contributed by atoms with van der Waals surface area (Å²) in [5.41, 5.74) is 0.934.